The summed E-state index contributed by atoms with van der Waals surface area (Å²) in [5.74, 6) is 1.40. The molecule has 0 saturated heterocycles. The standard InChI is InChI=1S/C14H21F3N4O2/c1-2-21(9-14(15,16)17)13(22)18-8-7-11-19-12(23-20-11)10-5-3-4-6-10/h10H,2-9H2,1H3,(H,18,22). The molecule has 1 fully saturated rings. The Labute approximate surface area is 132 Å². The Bertz CT molecular complexity index is 512. The summed E-state index contributed by atoms with van der Waals surface area (Å²) in [5, 5.41) is 6.30. The second kappa shape index (κ2) is 7.65. The van der Waals surface area contributed by atoms with Gasteiger partial charge in [-0.1, -0.05) is 18.0 Å². The molecule has 2 rings (SSSR count). The number of nitrogens with one attached hydrogen (secondary N) is 1. The van der Waals surface area contributed by atoms with Gasteiger partial charge < -0.3 is 14.7 Å². The normalized spacial score (nSPS) is 15.8. The Morgan fingerprint density at radius 1 is 1.39 bits per heavy atom. The molecule has 1 aliphatic carbocycles. The lowest BCUT2D eigenvalue weighted by atomic mass is 10.1. The second-order valence-corrected chi connectivity index (χ2v) is 5.64. The third-order valence-corrected chi connectivity index (χ3v) is 3.85. The number of nitrogens with zero attached hydrogens (tertiary/aromatic N) is 3. The van der Waals surface area contributed by atoms with Crippen LogP contribution in [0.5, 0.6) is 0 Å². The molecule has 1 aliphatic rings. The molecule has 1 heterocycles. The smallest absolute Gasteiger partial charge is 0.339 e. The Hall–Kier alpha value is -1.80. The average Bonchev–Trinajstić information content (AvgIpc) is 3.14. The van der Waals surface area contributed by atoms with Crippen molar-refractivity contribution in [1.82, 2.24) is 20.4 Å². The van der Waals surface area contributed by atoms with E-state index >= 15 is 0 Å². The first-order valence-electron chi connectivity index (χ1n) is 7.81. The molecule has 0 aliphatic heterocycles. The molecule has 1 aromatic rings. The maximum Gasteiger partial charge on any atom is 0.406 e. The van der Waals surface area contributed by atoms with E-state index in [0.29, 0.717) is 29.0 Å². The van der Waals surface area contributed by atoms with Crippen LogP contribution in [0.2, 0.25) is 0 Å². The molecule has 23 heavy (non-hydrogen) atoms. The van der Waals surface area contributed by atoms with Crippen molar-refractivity contribution in [1.29, 1.82) is 0 Å². The van der Waals surface area contributed by atoms with Crippen molar-refractivity contribution in [2.45, 2.75) is 51.1 Å². The molecule has 0 unspecified atom stereocenters. The highest BCUT2D eigenvalue weighted by molar-refractivity contribution is 5.74. The van der Waals surface area contributed by atoms with Gasteiger partial charge >= 0.3 is 12.2 Å². The molecule has 0 atom stereocenters. The fourth-order valence-electron chi connectivity index (χ4n) is 2.64. The number of hydrogen-bond donors (Lipinski definition) is 1. The van der Waals surface area contributed by atoms with Crippen LogP contribution in [-0.2, 0) is 6.42 Å². The number of halogens is 3. The van der Waals surface area contributed by atoms with Gasteiger partial charge in [0.25, 0.3) is 0 Å². The van der Waals surface area contributed by atoms with Gasteiger partial charge in [-0.3, -0.25) is 0 Å². The van der Waals surface area contributed by atoms with Crippen molar-refractivity contribution in [3.8, 4) is 0 Å². The van der Waals surface area contributed by atoms with Crippen LogP contribution in [-0.4, -0.2) is 46.9 Å². The van der Waals surface area contributed by atoms with Crippen molar-refractivity contribution in [3.05, 3.63) is 11.7 Å². The summed E-state index contributed by atoms with van der Waals surface area (Å²) in [6.45, 7) is 0.387. The summed E-state index contributed by atoms with van der Waals surface area (Å²) in [5.41, 5.74) is 0. The van der Waals surface area contributed by atoms with Crippen LogP contribution in [0.25, 0.3) is 0 Å². The molecule has 6 nitrogen and oxygen atoms in total. The first kappa shape index (κ1) is 17.6. The highest BCUT2D eigenvalue weighted by Crippen LogP contribution is 2.32. The first-order valence-corrected chi connectivity index (χ1v) is 7.81. The lowest BCUT2D eigenvalue weighted by molar-refractivity contribution is -0.139. The van der Waals surface area contributed by atoms with Crippen molar-refractivity contribution < 1.29 is 22.5 Å². The van der Waals surface area contributed by atoms with E-state index in [1.165, 1.54) is 6.92 Å². The molecule has 1 N–H and O–H groups in total. The number of carbonyl (C=O) groups excluding carboxylic acids is 1. The van der Waals surface area contributed by atoms with Crippen molar-refractivity contribution in [2.24, 2.45) is 0 Å². The number of amides is 2. The lowest BCUT2D eigenvalue weighted by Gasteiger charge is -2.22. The maximum atomic E-state index is 12.3. The number of aromatic nitrogens is 2. The third-order valence-electron chi connectivity index (χ3n) is 3.85. The minimum Gasteiger partial charge on any atom is -0.339 e. The molecule has 0 radical (unpaired) electrons. The fraction of sp³-hybridized carbons (Fsp3) is 0.786. The first-order chi connectivity index (χ1) is 10.9. The molecule has 130 valence electrons. The van der Waals surface area contributed by atoms with Gasteiger partial charge in [0.15, 0.2) is 5.82 Å². The highest BCUT2D eigenvalue weighted by atomic mass is 19.4. The minimum absolute atomic E-state index is 0.0145. The number of carbonyl (C=O) groups is 1. The van der Waals surface area contributed by atoms with E-state index in [1.54, 1.807) is 0 Å². The predicted octanol–water partition coefficient (Wildman–Crippen LogP) is 2.86. The molecule has 1 saturated carbocycles. The van der Waals surface area contributed by atoms with Gasteiger partial charge in [0.2, 0.25) is 5.89 Å². The molecule has 0 aromatic carbocycles. The zero-order valence-corrected chi connectivity index (χ0v) is 13.0. The van der Waals surface area contributed by atoms with Gasteiger partial charge in [0.1, 0.15) is 6.54 Å². The second-order valence-electron chi connectivity index (χ2n) is 5.64. The molecular formula is C14H21F3N4O2. The zero-order chi connectivity index (χ0) is 16.9. The summed E-state index contributed by atoms with van der Waals surface area (Å²) < 4.78 is 42.2. The van der Waals surface area contributed by atoms with E-state index in [2.05, 4.69) is 15.5 Å². The van der Waals surface area contributed by atoms with Crippen molar-refractivity contribution in [3.63, 3.8) is 0 Å². The van der Waals surface area contributed by atoms with E-state index < -0.39 is 18.8 Å². The van der Waals surface area contributed by atoms with E-state index in [4.69, 9.17) is 4.52 Å². The van der Waals surface area contributed by atoms with Gasteiger partial charge in [-0.2, -0.15) is 18.2 Å². The molecule has 2 amide bonds. The van der Waals surface area contributed by atoms with Crippen LogP contribution < -0.4 is 5.32 Å². The monoisotopic (exact) mass is 334 g/mol. The molecular weight excluding hydrogens is 313 g/mol. The summed E-state index contributed by atoms with van der Waals surface area (Å²) in [6, 6.07) is -0.746. The fourth-order valence-corrected chi connectivity index (χ4v) is 2.64. The van der Waals surface area contributed by atoms with E-state index in [0.717, 1.165) is 25.7 Å². The Balaban J connectivity index is 1.76. The van der Waals surface area contributed by atoms with Crippen LogP contribution >= 0.6 is 0 Å². The van der Waals surface area contributed by atoms with Gasteiger partial charge in [0, 0.05) is 25.4 Å². The Morgan fingerprint density at radius 2 is 2.09 bits per heavy atom. The molecule has 0 spiro atoms. The van der Waals surface area contributed by atoms with Crippen molar-refractivity contribution in [2.75, 3.05) is 19.6 Å². The van der Waals surface area contributed by atoms with Crippen LogP contribution in [0.3, 0.4) is 0 Å². The SMILES string of the molecule is CCN(CC(F)(F)F)C(=O)NCCc1noc(C2CCCC2)n1. The average molecular weight is 334 g/mol. The quantitative estimate of drug-likeness (QED) is 0.868. The number of hydrogen-bond acceptors (Lipinski definition) is 4. The van der Waals surface area contributed by atoms with E-state index in [9.17, 15) is 18.0 Å². The highest BCUT2D eigenvalue weighted by Gasteiger charge is 2.32. The number of alkyl halides is 3. The van der Waals surface area contributed by atoms with Gasteiger partial charge in [-0.15, -0.1) is 0 Å². The van der Waals surface area contributed by atoms with Crippen LogP contribution in [0, 0.1) is 0 Å². The largest absolute Gasteiger partial charge is 0.406 e. The summed E-state index contributed by atoms with van der Waals surface area (Å²) in [7, 11) is 0. The zero-order valence-electron chi connectivity index (χ0n) is 13.0. The van der Waals surface area contributed by atoms with Gasteiger partial charge in [-0.05, 0) is 19.8 Å². The predicted molar refractivity (Wildman–Crippen MR) is 75.9 cm³/mol. The Morgan fingerprint density at radius 3 is 2.70 bits per heavy atom. The molecule has 1 aromatic heterocycles. The third kappa shape index (κ3) is 5.40. The number of rotatable bonds is 6. The van der Waals surface area contributed by atoms with Crippen molar-refractivity contribution >= 4 is 6.03 Å². The summed E-state index contributed by atoms with van der Waals surface area (Å²) >= 11 is 0. The van der Waals surface area contributed by atoms with Gasteiger partial charge in [-0.25, -0.2) is 4.79 Å². The lowest BCUT2D eigenvalue weighted by Crippen LogP contribution is -2.45. The summed E-state index contributed by atoms with van der Waals surface area (Å²) in [6.07, 6.45) is 0.320. The summed E-state index contributed by atoms with van der Waals surface area (Å²) in [4.78, 5) is 16.7. The maximum absolute atomic E-state index is 12.3. The minimum atomic E-state index is -4.41. The van der Waals surface area contributed by atoms with Crippen LogP contribution in [0.15, 0.2) is 4.52 Å². The van der Waals surface area contributed by atoms with E-state index in [-0.39, 0.29) is 13.1 Å². The van der Waals surface area contributed by atoms with Crippen LogP contribution in [0.1, 0.15) is 50.2 Å². The van der Waals surface area contributed by atoms with Crippen LogP contribution in [0.4, 0.5) is 18.0 Å². The molecule has 9 heteroatoms. The Kier molecular flexibility index (Phi) is 5.84. The van der Waals surface area contributed by atoms with Gasteiger partial charge in [0.05, 0.1) is 0 Å². The number of urea groups is 1. The molecule has 0 bridgehead atoms. The van der Waals surface area contributed by atoms with E-state index in [1.807, 2.05) is 0 Å². The topological polar surface area (TPSA) is 71.3 Å².